The SMILES string of the molecule is C[C@H](CCC(=O)Nc1ccc(C(=O)c2ccccc2)cc1)C1CCC2[C@@H]3CC[C@@H]4CCCC[C@]4(C)C3C[C@H](O)[C@@]21C. The van der Waals surface area contributed by atoms with Gasteiger partial charge in [0, 0.05) is 23.2 Å². The number of ketones is 1. The molecule has 0 radical (unpaired) electrons. The van der Waals surface area contributed by atoms with Gasteiger partial charge in [0.05, 0.1) is 6.10 Å². The molecule has 2 aromatic carbocycles. The van der Waals surface area contributed by atoms with Crippen LogP contribution in [0.5, 0.6) is 0 Å². The van der Waals surface area contributed by atoms with Gasteiger partial charge in [-0.15, -0.1) is 0 Å². The Bertz CT molecular complexity index is 1240. The van der Waals surface area contributed by atoms with Gasteiger partial charge in [0.1, 0.15) is 0 Å². The number of aliphatic hydroxyl groups is 1. The van der Waals surface area contributed by atoms with E-state index in [4.69, 9.17) is 0 Å². The summed E-state index contributed by atoms with van der Waals surface area (Å²) in [6, 6.07) is 16.5. The molecule has 0 aromatic heterocycles. The van der Waals surface area contributed by atoms with Gasteiger partial charge in [-0.25, -0.2) is 0 Å². The summed E-state index contributed by atoms with van der Waals surface area (Å²) in [5.41, 5.74) is 2.40. The van der Waals surface area contributed by atoms with Gasteiger partial charge >= 0.3 is 0 Å². The molecule has 4 nitrogen and oxygen atoms in total. The number of fused-ring (bicyclic) bond motifs is 5. The van der Waals surface area contributed by atoms with Crippen molar-refractivity contribution in [2.75, 3.05) is 5.32 Å². The number of nitrogens with one attached hydrogen (secondary N) is 1. The van der Waals surface area contributed by atoms with E-state index in [2.05, 4.69) is 26.1 Å². The molecule has 4 aliphatic rings. The molecule has 0 saturated heterocycles. The van der Waals surface area contributed by atoms with Crippen molar-refractivity contribution in [3.05, 3.63) is 65.7 Å². The normalized spacial score (nSPS) is 36.9. The van der Waals surface area contributed by atoms with E-state index >= 15 is 0 Å². The Hall–Kier alpha value is -2.46. The number of carbonyl (C=O) groups is 2. The van der Waals surface area contributed by atoms with E-state index in [0.29, 0.717) is 46.6 Å². The second-order valence-electron chi connectivity index (χ2n) is 14.5. The minimum Gasteiger partial charge on any atom is -0.393 e. The maximum atomic E-state index is 12.9. The topological polar surface area (TPSA) is 66.4 Å². The lowest BCUT2D eigenvalue weighted by molar-refractivity contribution is -0.168. The fraction of sp³-hybridized carbons (Fsp3) is 0.622. The number of anilines is 1. The second-order valence-corrected chi connectivity index (χ2v) is 14.5. The van der Waals surface area contributed by atoms with Gasteiger partial charge in [0.2, 0.25) is 5.91 Å². The average molecular weight is 556 g/mol. The Balaban J connectivity index is 1.06. The second kappa shape index (κ2) is 11.3. The molecule has 0 heterocycles. The monoisotopic (exact) mass is 555 g/mol. The lowest BCUT2D eigenvalue weighted by Gasteiger charge is -2.62. The molecule has 4 saturated carbocycles. The molecule has 9 atom stereocenters. The summed E-state index contributed by atoms with van der Waals surface area (Å²) in [5.74, 6) is 3.80. The lowest BCUT2D eigenvalue weighted by Crippen LogP contribution is -2.58. The third-order valence-corrected chi connectivity index (χ3v) is 12.7. The fourth-order valence-corrected chi connectivity index (χ4v) is 10.5. The zero-order valence-electron chi connectivity index (χ0n) is 25.3. The van der Waals surface area contributed by atoms with E-state index in [1.54, 1.807) is 12.1 Å². The minimum atomic E-state index is -0.230. The molecule has 41 heavy (non-hydrogen) atoms. The average Bonchev–Trinajstić information content (AvgIpc) is 3.35. The van der Waals surface area contributed by atoms with Crippen LogP contribution in [0, 0.1) is 46.3 Å². The highest BCUT2D eigenvalue weighted by Crippen LogP contribution is 2.68. The van der Waals surface area contributed by atoms with Crippen molar-refractivity contribution >= 4 is 17.4 Å². The van der Waals surface area contributed by atoms with Crippen LogP contribution < -0.4 is 5.32 Å². The minimum absolute atomic E-state index is 0.0159. The number of hydrogen-bond donors (Lipinski definition) is 2. The quantitative estimate of drug-likeness (QED) is 0.338. The van der Waals surface area contributed by atoms with E-state index in [1.165, 1.54) is 51.4 Å². The van der Waals surface area contributed by atoms with Crippen LogP contribution >= 0.6 is 0 Å². The Labute approximate surface area is 246 Å². The predicted molar refractivity (Wildman–Crippen MR) is 165 cm³/mol. The van der Waals surface area contributed by atoms with Crippen molar-refractivity contribution < 1.29 is 14.7 Å². The van der Waals surface area contributed by atoms with Crippen LogP contribution in [-0.2, 0) is 4.79 Å². The van der Waals surface area contributed by atoms with Crippen molar-refractivity contribution in [3.63, 3.8) is 0 Å². The summed E-state index contributed by atoms with van der Waals surface area (Å²) in [6.07, 6.45) is 12.8. The van der Waals surface area contributed by atoms with Gasteiger partial charge in [0.25, 0.3) is 0 Å². The van der Waals surface area contributed by atoms with Crippen molar-refractivity contribution in [2.45, 2.75) is 97.5 Å². The van der Waals surface area contributed by atoms with Gasteiger partial charge in [-0.05, 0) is 122 Å². The first-order chi connectivity index (χ1) is 19.7. The van der Waals surface area contributed by atoms with E-state index in [-0.39, 0.29) is 23.2 Å². The first-order valence-electron chi connectivity index (χ1n) is 16.4. The molecule has 6 rings (SSSR count). The molecule has 4 fully saturated rings. The van der Waals surface area contributed by atoms with Crippen LogP contribution in [0.2, 0.25) is 0 Å². The maximum absolute atomic E-state index is 12.9. The maximum Gasteiger partial charge on any atom is 0.224 e. The number of rotatable bonds is 7. The first kappa shape index (κ1) is 28.6. The van der Waals surface area contributed by atoms with Crippen molar-refractivity contribution in [1.82, 2.24) is 0 Å². The molecule has 4 heteroatoms. The van der Waals surface area contributed by atoms with Gasteiger partial charge in [-0.2, -0.15) is 0 Å². The predicted octanol–water partition coefficient (Wildman–Crippen LogP) is 8.29. The van der Waals surface area contributed by atoms with E-state index in [0.717, 1.165) is 30.4 Å². The van der Waals surface area contributed by atoms with Crippen molar-refractivity contribution in [1.29, 1.82) is 0 Å². The number of carbonyl (C=O) groups excluding carboxylic acids is 2. The number of aliphatic hydroxyl groups excluding tert-OH is 1. The van der Waals surface area contributed by atoms with Gasteiger partial charge in [0.15, 0.2) is 5.78 Å². The van der Waals surface area contributed by atoms with Crippen LogP contribution in [0.25, 0.3) is 0 Å². The molecule has 2 N–H and O–H groups in total. The summed E-state index contributed by atoms with van der Waals surface area (Å²) in [4.78, 5) is 25.6. The molecule has 0 bridgehead atoms. The summed E-state index contributed by atoms with van der Waals surface area (Å²) in [7, 11) is 0. The molecular weight excluding hydrogens is 506 g/mol. The van der Waals surface area contributed by atoms with E-state index < -0.39 is 0 Å². The van der Waals surface area contributed by atoms with E-state index in [9.17, 15) is 14.7 Å². The highest BCUT2D eigenvalue weighted by Gasteiger charge is 2.63. The number of hydrogen-bond acceptors (Lipinski definition) is 3. The highest BCUT2D eigenvalue weighted by atomic mass is 16.3. The molecule has 2 aromatic rings. The van der Waals surface area contributed by atoms with Crippen LogP contribution in [-0.4, -0.2) is 22.9 Å². The summed E-state index contributed by atoms with van der Waals surface area (Å²) in [5, 5.41) is 14.8. The summed E-state index contributed by atoms with van der Waals surface area (Å²) < 4.78 is 0. The zero-order valence-corrected chi connectivity index (χ0v) is 25.3. The third-order valence-electron chi connectivity index (χ3n) is 12.7. The largest absolute Gasteiger partial charge is 0.393 e. The highest BCUT2D eigenvalue weighted by molar-refractivity contribution is 6.09. The van der Waals surface area contributed by atoms with E-state index in [1.807, 2.05) is 42.5 Å². The Morgan fingerprint density at radius 2 is 1.63 bits per heavy atom. The Morgan fingerprint density at radius 1 is 0.902 bits per heavy atom. The smallest absolute Gasteiger partial charge is 0.224 e. The van der Waals surface area contributed by atoms with Crippen molar-refractivity contribution in [2.24, 2.45) is 46.3 Å². The van der Waals surface area contributed by atoms with Crippen LogP contribution in [0.4, 0.5) is 5.69 Å². The first-order valence-corrected chi connectivity index (χ1v) is 16.4. The van der Waals surface area contributed by atoms with Gasteiger partial charge in [-0.3, -0.25) is 9.59 Å². The summed E-state index contributed by atoms with van der Waals surface area (Å²) in [6.45, 7) is 7.29. The number of benzene rings is 2. The van der Waals surface area contributed by atoms with Crippen LogP contribution in [0.1, 0.15) is 107 Å². The molecule has 4 aliphatic carbocycles. The van der Waals surface area contributed by atoms with Crippen LogP contribution in [0.3, 0.4) is 0 Å². The molecule has 220 valence electrons. The van der Waals surface area contributed by atoms with Gasteiger partial charge in [-0.1, -0.05) is 63.9 Å². The molecule has 3 unspecified atom stereocenters. The molecule has 0 spiro atoms. The van der Waals surface area contributed by atoms with Crippen LogP contribution in [0.15, 0.2) is 54.6 Å². The standard InChI is InChI=1S/C37H49NO3/c1-24(12-21-34(40)38-28-16-13-26(14-17-28)35(41)25-9-5-4-6-10-25)30-19-20-31-29-18-15-27-11-7-8-22-36(27,2)32(29)23-33(39)37(30,31)3/h4-6,9-10,13-14,16-17,24,27,29-33,39H,7-8,11-12,15,18-23H2,1-3H3,(H,38,40)/t24-,27+,29+,30?,31?,32?,33+,36+,37-/m1/s1. The Kier molecular flexibility index (Phi) is 7.91. The lowest BCUT2D eigenvalue weighted by atomic mass is 9.44. The molecule has 1 amide bonds. The van der Waals surface area contributed by atoms with Crippen molar-refractivity contribution in [3.8, 4) is 0 Å². The zero-order chi connectivity index (χ0) is 28.8. The Morgan fingerprint density at radius 3 is 2.39 bits per heavy atom. The van der Waals surface area contributed by atoms with Gasteiger partial charge < -0.3 is 10.4 Å². The third kappa shape index (κ3) is 5.09. The molecule has 0 aliphatic heterocycles. The number of amides is 1. The summed E-state index contributed by atoms with van der Waals surface area (Å²) >= 11 is 0. The molecular formula is C37H49NO3. The fourth-order valence-electron chi connectivity index (χ4n) is 10.5.